The van der Waals surface area contributed by atoms with Crippen molar-refractivity contribution in [3.05, 3.63) is 48.2 Å². The summed E-state index contributed by atoms with van der Waals surface area (Å²) >= 11 is 0. The Morgan fingerprint density at radius 1 is 0.923 bits per heavy atom. The van der Waals surface area contributed by atoms with Gasteiger partial charge in [0.25, 0.3) is 0 Å². The average molecular weight is 345 g/mol. The minimum atomic E-state index is 0.957. The fourth-order valence-electron chi connectivity index (χ4n) is 4.07. The van der Waals surface area contributed by atoms with Crippen LogP contribution in [0.2, 0.25) is 0 Å². The van der Waals surface area contributed by atoms with E-state index in [9.17, 15) is 0 Å². The summed E-state index contributed by atoms with van der Waals surface area (Å²) in [7, 11) is 2.21. The molecule has 1 aliphatic heterocycles. The van der Waals surface area contributed by atoms with Gasteiger partial charge in [-0.2, -0.15) is 0 Å². The molecule has 5 rings (SSSR count). The van der Waals surface area contributed by atoms with E-state index in [0.29, 0.717) is 0 Å². The third-order valence-corrected chi connectivity index (χ3v) is 5.40. The van der Waals surface area contributed by atoms with Gasteiger partial charge in [-0.15, -0.1) is 0 Å². The second kappa shape index (κ2) is 5.95. The standard InChI is InChI=1S/C21H23N5/c1-15-14-19(25-11-5-10-24(2)12-13-25)16-8-9-20-23-17-6-3-4-7-18(17)26(20)21(16)22-15/h3-4,6-9,14H,5,10-13H2,1-2H3. The van der Waals surface area contributed by atoms with Crippen molar-refractivity contribution in [3.63, 3.8) is 0 Å². The van der Waals surface area contributed by atoms with E-state index in [1.165, 1.54) is 17.5 Å². The zero-order chi connectivity index (χ0) is 17.7. The Morgan fingerprint density at radius 3 is 2.73 bits per heavy atom. The van der Waals surface area contributed by atoms with E-state index in [1.807, 2.05) is 6.07 Å². The van der Waals surface area contributed by atoms with Gasteiger partial charge in [-0.25, -0.2) is 9.97 Å². The summed E-state index contributed by atoms with van der Waals surface area (Å²) in [6.45, 7) is 6.49. The first-order valence-electron chi connectivity index (χ1n) is 9.32. The fourth-order valence-corrected chi connectivity index (χ4v) is 4.07. The number of fused-ring (bicyclic) bond motifs is 5. The quantitative estimate of drug-likeness (QED) is 0.529. The largest absolute Gasteiger partial charge is 0.370 e. The average Bonchev–Trinajstić information content (AvgIpc) is 2.89. The first-order chi connectivity index (χ1) is 12.7. The molecule has 132 valence electrons. The number of nitrogens with zero attached hydrogens (tertiary/aromatic N) is 5. The number of anilines is 1. The van der Waals surface area contributed by atoms with Crippen LogP contribution in [-0.2, 0) is 0 Å². The van der Waals surface area contributed by atoms with Gasteiger partial charge >= 0.3 is 0 Å². The first kappa shape index (κ1) is 15.6. The third-order valence-electron chi connectivity index (χ3n) is 5.40. The van der Waals surface area contributed by atoms with Crippen LogP contribution in [0.3, 0.4) is 0 Å². The second-order valence-electron chi connectivity index (χ2n) is 7.29. The van der Waals surface area contributed by atoms with Crippen molar-refractivity contribution in [2.75, 3.05) is 38.1 Å². The monoisotopic (exact) mass is 345 g/mol. The summed E-state index contributed by atoms with van der Waals surface area (Å²) in [5, 5.41) is 1.20. The molecule has 0 unspecified atom stereocenters. The van der Waals surface area contributed by atoms with Crippen molar-refractivity contribution in [1.29, 1.82) is 0 Å². The number of aryl methyl sites for hydroxylation is 1. The molecule has 0 saturated carbocycles. The molecule has 5 nitrogen and oxygen atoms in total. The zero-order valence-corrected chi connectivity index (χ0v) is 15.3. The van der Waals surface area contributed by atoms with E-state index in [0.717, 1.165) is 54.2 Å². The number of imidazole rings is 1. The highest BCUT2D eigenvalue weighted by Crippen LogP contribution is 2.30. The molecule has 0 bridgehead atoms. The molecule has 1 aromatic carbocycles. The predicted octanol–water partition coefficient (Wildman–Crippen LogP) is 3.49. The molecular weight excluding hydrogens is 322 g/mol. The van der Waals surface area contributed by atoms with Crippen LogP contribution in [0.5, 0.6) is 0 Å². The number of aromatic nitrogens is 3. The lowest BCUT2D eigenvalue weighted by Crippen LogP contribution is -2.29. The van der Waals surface area contributed by atoms with Crippen LogP contribution in [0.1, 0.15) is 12.1 Å². The Bertz CT molecular complexity index is 1110. The van der Waals surface area contributed by atoms with Crippen LogP contribution in [-0.4, -0.2) is 52.5 Å². The van der Waals surface area contributed by atoms with Gasteiger partial charge in [0.1, 0.15) is 11.3 Å². The van der Waals surface area contributed by atoms with Crippen LogP contribution in [0.25, 0.3) is 27.7 Å². The summed E-state index contributed by atoms with van der Waals surface area (Å²) in [6, 6.07) is 14.8. The van der Waals surface area contributed by atoms with E-state index < -0.39 is 0 Å². The second-order valence-corrected chi connectivity index (χ2v) is 7.29. The molecule has 1 saturated heterocycles. The predicted molar refractivity (Wildman–Crippen MR) is 107 cm³/mol. The highest BCUT2D eigenvalue weighted by Gasteiger charge is 2.18. The molecule has 5 heteroatoms. The van der Waals surface area contributed by atoms with Crippen LogP contribution in [0, 0.1) is 6.92 Å². The maximum atomic E-state index is 4.91. The molecular formula is C21H23N5. The molecule has 0 N–H and O–H groups in total. The Kier molecular flexibility index (Phi) is 3.57. The molecule has 0 atom stereocenters. The molecule has 1 aliphatic rings. The van der Waals surface area contributed by atoms with Crippen molar-refractivity contribution >= 4 is 33.4 Å². The molecule has 0 aliphatic carbocycles. The van der Waals surface area contributed by atoms with Gasteiger partial charge in [0.2, 0.25) is 0 Å². The third kappa shape index (κ3) is 2.42. The van der Waals surface area contributed by atoms with Crippen molar-refractivity contribution in [3.8, 4) is 0 Å². The van der Waals surface area contributed by atoms with Crippen molar-refractivity contribution in [2.24, 2.45) is 0 Å². The van der Waals surface area contributed by atoms with Crippen LogP contribution in [0.15, 0.2) is 42.5 Å². The molecule has 26 heavy (non-hydrogen) atoms. The lowest BCUT2D eigenvalue weighted by Gasteiger charge is -2.25. The Hall–Kier alpha value is -2.66. The SMILES string of the molecule is Cc1cc(N2CCCN(C)CC2)c2ccc3nc4ccccc4n3c2n1. The number of para-hydroxylation sites is 2. The van der Waals surface area contributed by atoms with Gasteiger partial charge in [0, 0.05) is 36.4 Å². The number of hydrogen-bond acceptors (Lipinski definition) is 4. The number of rotatable bonds is 1. The van der Waals surface area contributed by atoms with E-state index in [1.54, 1.807) is 0 Å². The van der Waals surface area contributed by atoms with Crippen molar-refractivity contribution in [1.82, 2.24) is 19.3 Å². The lowest BCUT2D eigenvalue weighted by atomic mass is 10.2. The zero-order valence-electron chi connectivity index (χ0n) is 15.3. The van der Waals surface area contributed by atoms with E-state index in [4.69, 9.17) is 9.97 Å². The Morgan fingerprint density at radius 2 is 1.81 bits per heavy atom. The van der Waals surface area contributed by atoms with E-state index in [-0.39, 0.29) is 0 Å². The van der Waals surface area contributed by atoms with Gasteiger partial charge in [-0.05, 0) is 57.3 Å². The molecule has 3 aromatic heterocycles. The summed E-state index contributed by atoms with van der Waals surface area (Å²) < 4.78 is 2.20. The topological polar surface area (TPSA) is 36.7 Å². The minimum Gasteiger partial charge on any atom is -0.370 e. The van der Waals surface area contributed by atoms with E-state index >= 15 is 0 Å². The highest BCUT2D eigenvalue weighted by atomic mass is 15.2. The smallest absolute Gasteiger partial charge is 0.148 e. The number of benzene rings is 1. The van der Waals surface area contributed by atoms with Crippen molar-refractivity contribution < 1.29 is 0 Å². The van der Waals surface area contributed by atoms with Crippen LogP contribution >= 0.6 is 0 Å². The molecule has 4 heterocycles. The summed E-state index contributed by atoms with van der Waals surface area (Å²) in [5.41, 5.74) is 6.44. The highest BCUT2D eigenvalue weighted by molar-refractivity contribution is 5.95. The van der Waals surface area contributed by atoms with Gasteiger partial charge in [-0.1, -0.05) is 12.1 Å². The summed E-state index contributed by atoms with van der Waals surface area (Å²) in [4.78, 5) is 14.6. The number of pyridine rings is 2. The number of likely N-dealkylation sites (N-methyl/N-ethyl adjacent to an activating group) is 1. The molecule has 0 amide bonds. The molecule has 4 aromatic rings. The summed E-state index contributed by atoms with van der Waals surface area (Å²) in [6.07, 6.45) is 1.19. The van der Waals surface area contributed by atoms with E-state index in [2.05, 4.69) is 64.6 Å². The maximum absolute atomic E-state index is 4.91. The van der Waals surface area contributed by atoms with Crippen LogP contribution in [0.4, 0.5) is 5.69 Å². The van der Waals surface area contributed by atoms with Gasteiger partial charge in [0.15, 0.2) is 0 Å². The van der Waals surface area contributed by atoms with Gasteiger partial charge in [-0.3, -0.25) is 4.40 Å². The Labute approximate surface area is 152 Å². The summed E-state index contributed by atoms with van der Waals surface area (Å²) in [5.74, 6) is 0. The first-order valence-corrected chi connectivity index (χ1v) is 9.32. The molecule has 1 fully saturated rings. The maximum Gasteiger partial charge on any atom is 0.148 e. The molecule has 0 spiro atoms. The van der Waals surface area contributed by atoms with Gasteiger partial charge < -0.3 is 9.80 Å². The van der Waals surface area contributed by atoms with Crippen LogP contribution < -0.4 is 4.90 Å². The van der Waals surface area contributed by atoms with Crippen molar-refractivity contribution in [2.45, 2.75) is 13.3 Å². The fraction of sp³-hybridized carbons (Fsp3) is 0.333. The number of hydrogen-bond donors (Lipinski definition) is 0. The molecule has 0 radical (unpaired) electrons. The Balaban J connectivity index is 1.78. The minimum absolute atomic E-state index is 0.957. The lowest BCUT2D eigenvalue weighted by molar-refractivity contribution is 0.360. The van der Waals surface area contributed by atoms with Gasteiger partial charge in [0.05, 0.1) is 11.0 Å². The normalized spacial score (nSPS) is 16.6.